The number of hydrogen-bond donors (Lipinski definition) is 0. The first-order valence-corrected chi connectivity index (χ1v) is 11.8. The van der Waals surface area contributed by atoms with Crippen LogP contribution in [0.25, 0.3) is 0 Å². The Kier molecular flexibility index (Phi) is 7.25. The van der Waals surface area contributed by atoms with Crippen molar-refractivity contribution >= 4 is 5.91 Å². The maximum Gasteiger partial charge on any atom is 0.275 e. The minimum absolute atomic E-state index is 0.0931. The maximum atomic E-state index is 14.9. The standard InChI is InChI=1S/C23H41F2N3O/c1-5-19(4)21(29)28-14-9-22(10-15-28)7-12-27(13-8-22)20-6-11-26(16-18(2)3)17-23(20,24)25/h18-20H,5-17H2,1-4H3. The average molecular weight is 414 g/mol. The molecule has 29 heavy (non-hydrogen) atoms. The van der Waals surface area contributed by atoms with Crippen LogP contribution in [0.15, 0.2) is 0 Å². The summed E-state index contributed by atoms with van der Waals surface area (Å²) in [5.74, 6) is -1.80. The van der Waals surface area contributed by atoms with Crippen LogP contribution in [0, 0.1) is 17.3 Å². The molecule has 2 unspecified atom stereocenters. The molecule has 0 N–H and O–H groups in total. The lowest BCUT2D eigenvalue weighted by Gasteiger charge is -2.51. The minimum Gasteiger partial charge on any atom is -0.342 e. The van der Waals surface area contributed by atoms with E-state index in [4.69, 9.17) is 0 Å². The van der Waals surface area contributed by atoms with Gasteiger partial charge in [0.05, 0.1) is 12.6 Å². The fourth-order valence-electron chi connectivity index (χ4n) is 5.62. The molecule has 1 amide bonds. The van der Waals surface area contributed by atoms with E-state index in [0.717, 1.165) is 71.4 Å². The van der Waals surface area contributed by atoms with Gasteiger partial charge in [0.25, 0.3) is 5.92 Å². The Morgan fingerprint density at radius 3 is 2.10 bits per heavy atom. The Hall–Kier alpha value is -0.750. The van der Waals surface area contributed by atoms with E-state index in [0.29, 0.717) is 12.3 Å². The van der Waals surface area contributed by atoms with Crippen LogP contribution in [0.1, 0.15) is 66.2 Å². The number of likely N-dealkylation sites (tertiary alicyclic amines) is 3. The second kappa shape index (κ2) is 9.17. The Morgan fingerprint density at radius 2 is 1.59 bits per heavy atom. The third-order valence-corrected chi connectivity index (χ3v) is 7.73. The van der Waals surface area contributed by atoms with Crippen molar-refractivity contribution in [2.45, 2.75) is 78.2 Å². The number of hydrogen-bond acceptors (Lipinski definition) is 3. The molecule has 3 fully saturated rings. The van der Waals surface area contributed by atoms with Crippen molar-refractivity contribution < 1.29 is 13.6 Å². The van der Waals surface area contributed by atoms with Gasteiger partial charge < -0.3 is 4.90 Å². The van der Waals surface area contributed by atoms with Gasteiger partial charge in [0.1, 0.15) is 0 Å². The highest BCUT2D eigenvalue weighted by atomic mass is 19.3. The first kappa shape index (κ1) is 22.9. The Morgan fingerprint density at radius 1 is 1.00 bits per heavy atom. The summed E-state index contributed by atoms with van der Waals surface area (Å²) in [6.45, 7) is 13.0. The molecule has 3 saturated heterocycles. The molecule has 0 aromatic heterocycles. The smallest absolute Gasteiger partial charge is 0.275 e. The Bertz CT molecular complexity index is 550. The van der Waals surface area contributed by atoms with Crippen LogP contribution < -0.4 is 0 Å². The van der Waals surface area contributed by atoms with Gasteiger partial charge in [-0.2, -0.15) is 0 Å². The van der Waals surface area contributed by atoms with Gasteiger partial charge >= 0.3 is 0 Å². The van der Waals surface area contributed by atoms with Crippen LogP contribution in [-0.4, -0.2) is 78.4 Å². The van der Waals surface area contributed by atoms with E-state index in [1.165, 1.54) is 0 Å². The fraction of sp³-hybridized carbons (Fsp3) is 0.957. The molecule has 3 rings (SSSR count). The van der Waals surface area contributed by atoms with E-state index >= 15 is 0 Å². The van der Waals surface area contributed by atoms with Crippen LogP contribution in [-0.2, 0) is 4.79 Å². The number of halogens is 2. The second-order valence-electron chi connectivity index (χ2n) is 10.4. The number of alkyl halides is 2. The van der Waals surface area contributed by atoms with Crippen LogP contribution in [0.4, 0.5) is 8.78 Å². The number of nitrogens with zero attached hydrogens (tertiary/aromatic N) is 3. The van der Waals surface area contributed by atoms with Crippen molar-refractivity contribution in [3.63, 3.8) is 0 Å². The zero-order valence-electron chi connectivity index (χ0n) is 18.9. The molecular formula is C23H41F2N3O. The molecule has 3 aliphatic rings. The largest absolute Gasteiger partial charge is 0.342 e. The van der Waals surface area contributed by atoms with Crippen molar-refractivity contribution in [1.82, 2.24) is 14.7 Å². The molecule has 4 nitrogen and oxygen atoms in total. The highest BCUT2D eigenvalue weighted by Gasteiger charge is 2.49. The number of piperidine rings is 3. The van der Waals surface area contributed by atoms with Gasteiger partial charge in [-0.3, -0.25) is 14.6 Å². The van der Waals surface area contributed by atoms with Gasteiger partial charge in [-0.05, 0) is 62.9 Å². The molecule has 2 atom stereocenters. The summed E-state index contributed by atoms with van der Waals surface area (Å²) >= 11 is 0. The lowest BCUT2D eigenvalue weighted by atomic mass is 9.70. The van der Waals surface area contributed by atoms with E-state index in [9.17, 15) is 13.6 Å². The highest BCUT2D eigenvalue weighted by Crippen LogP contribution is 2.43. The number of amides is 1. The van der Waals surface area contributed by atoms with Gasteiger partial charge in [0.15, 0.2) is 0 Å². The van der Waals surface area contributed by atoms with Crippen molar-refractivity contribution in [3.8, 4) is 0 Å². The summed E-state index contributed by atoms with van der Waals surface area (Å²) in [6.07, 6.45) is 5.53. The lowest BCUT2D eigenvalue weighted by molar-refractivity contribution is -0.144. The zero-order chi connectivity index (χ0) is 21.2. The quantitative estimate of drug-likeness (QED) is 0.679. The van der Waals surface area contributed by atoms with Gasteiger partial charge in [-0.15, -0.1) is 0 Å². The summed E-state index contributed by atoms with van der Waals surface area (Å²) < 4.78 is 29.8. The number of carbonyl (C=O) groups excluding carboxylic acids is 1. The number of carbonyl (C=O) groups is 1. The summed E-state index contributed by atoms with van der Waals surface area (Å²) in [4.78, 5) is 18.5. The lowest BCUT2D eigenvalue weighted by Crippen LogP contribution is -2.61. The van der Waals surface area contributed by atoms with Gasteiger partial charge in [-0.25, -0.2) is 8.78 Å². The minimum atomic E-state index is -2.62. The van der Waals surface area contributed by atoms with Crippen LogP contribution in [0.3, 0.4) is 0 Å². The predicted molar refractivity (Wildman–Crippen MR) is 113 cm³/mol. The first-order chi connectivity index (χ1) is 13.7. The van der Waals surface area contributed by atoms with E-state index in [1.54, 1.807) is 0 Å². The normalized spacial score (nSPS) is 29.3. The zero-order valence-corrected chi connectivity index (χ0v) is 18.9. The maximum absolute atomic E-state index is 14.9. The molecule has 3 heterocycles. The number of rotatable bonds is 5. The monoisotopic (exact) mass is 413 g/mol. The summed E-state index contributed by atoms with van der Waals surface area (Å²) in [7, 11) is 0. The molecule has 1 spiro atoms. The van der Waals surface area contributed by atoms with Gasteiger partial charge in [0, 0.05) is 32.1 Å². The van der Waals surface area contributed by atoms with Crippen LogP contribution >= 0.6 is 0 Å². The Balaban J connectivity index is 1.50. The molecule has 0 radical (unpaired) electrons. The summed E-state index contributed by atoms with van der Waals surface area (Å²) in [6, 6.07) is -0.602. The molecule has 0 saturated carbocycles. The van der Waals surface area contributed by atoms with E-state index < -0.39 is 12.0 Å². The molecule has 6 heteroatoms. The predicted octanol–water partition coefficient (Wildman–Crippen LogP) is 4.10. The van der Waals surface area contributed by atoms with Crippen LogP contribution in [0.2, 0.25) is 0 Å². The fourth-order valence-corrected chi connectivity index (χ4v) is 5.62. The van der Waals surface area contributed by atoms with E-state index in [2.05, 4.69) is 25.7 Å². The highest BCUT2D eigenvalue weighted by molar-refractivity contribution is 5.78. The average Bonchev–Trinajstić information content (AvgIpc) is 2.67. The second-order valence-corrected chi connectivity index (χ2v) is 10.4. The van der Waals surface area contributed by atoms with Gasteiger partial charge in [0.2, 0.25) is 5.91 Å². The molecule has 0 bridgehead atoms. The molecular weight excluding hydrogens is 372 g/mol. The van der Waals surface area contributed by atoms with Crippen molar-refractivity contribution in [2.75, 3.05) is 45.8 Å². The van der Waals surface area contributed by atoms with Crippen molar-refractivity contribution in [1.29, 1.82) is 0 Å². The van der Waals surface area contributed by atoms with Crippen molar-refractivity contribution in [2.24, 2.45) is 17.3 Å². The molecule has 168 valence electrons. The Labute approximate surface area is 176 Å². The topological polar surface area (TPSA) is 26.8 Å². The summed E-state index contributed by atoms with van der Waals surface area (Å²) in [5.41, 5.74) is 0.260. The first-order valence-electron chi connectivity index (χ1n) is 11.8. The van der Waals surface area contributed by atoms with Gasteiger partial charge in [-0.1, -0.05) is 27.7 Å². The third kappa shape index (κ3) is 5.30. The molecule has 0 aliphatic carbocycles. The van der Waals surface area contributed by atoms with E-state index in [-0.39, 0.29) is 23.8 Å². The van der Waals surface area contributed by atoms with Crippen molar-refractivity contribution in [3.05, 3.63) is 0 Å². The van der Waals surface area contributed by atoms with E-state index in [1.807, 2.05) is 16.7 Å². The molecule has 0 aromatic carbocycles. The third-order valence-electron chi connectivity index (χ3n) is 7.73. The molecule has 0 aromatic rings. The molecule has 3 aliphatic heterocycles. The summed E-state index contributed by atoms with van der Waals surface area (Å²) in [5, 5.41) is 0. The van der Waals surface area contributed by atoms with Crippen LogP contribution in [0.5, 0.6) is 0 Å². The SMILES string of the molecule is CCC(C)C(=O)N1CCC2(CC1)CCN(C1CCN(CC(C)C)CC1(F)F)CC2.